The van der Waals surface area contributed by atoms with E-state index in [-0.39, 0.29) is 11.9 Å². The van der Waals surface area contributed by atoms with Crippen LogP contribution in [0.5, 0.6) is 0 Å². The molecule has 0 aromatic carbocycles. The van der Waals surface area contributed by atoms with Crippen molar-refractivity contribution in [1.29, 1.82) is 0 Å². The fourth-order valence-electron chi connectivity index (χ4n) is 3.78. The van der Waals surface area contributed by atoms with Crippen molar-refractivity contribution in [3.05, 3.63) is 0 Å². The third kappa shape index (κ3) is 2.68. The lowest BCUT2D eigenvalue weighted by Crippen LogP contribution is -2.55. The second-order valence-electron chi connectivity index (χ2n) is 6.07. The lowest BCUT2D eigenvalue weighted by atomic mass is 9.85. The Kier molecular flexibility index (Phi) is 4.21. The number of rotatable bonds is 2. The molecule has 3 fully saturated rings. The van der Waals surface area contributed by atoms with Crippen LogP contribution in [-0.4, -0.2) is 58.1 Å². The molecular formula is C14H22N2O3S. The van der Waals surface area contributed by atoms with Gasteiger partial charge in [0, 0.05) is 24.1 Å². The SMILES string of the molecule is O=C(O)C1CSCCN1C(=O)C1CC2CCCCC2N1. The van der Waals surface area contributed by atoms with Crippen molar-refractivity contribution in [3.63, 3.8) is 0 Å². The van der Waals surface area contributed by atoms with E-state index >= 15 is 0 Å². The molecule has 5 nitrogen and oxygen atoms in total. The van der Waals surface area contributed by atoms with Gasteiger partial charge in [-0.2, -0.15) is 11.8 Å². The van der Waals surface area contributed by atoms with Gasteiger partial charge >= 0.3 is 5.97 Å². The number of carboxylic acid groups (broad SMARTS) is 1. The second kappa shape index (κ2) is 5.93. The topological polar surface area (TPSA) is 69.6 Å². The molecule has 3 rings (SSSR count). The van der Waals surface area contributed by atoms with E-state index in [2.05, 4.69) is 5.32 Å². The molecule has 112 valence electrons. The predicted molar refractivity (Wildman–Crippen MR) is 77.7 cm³/mol. The Morgan fingerprint density at radius 1 is 1.25 bits per heavy atom. The van der Waals surface area contributed by atoms with Gasteiger partial charge in [0.2, 0.25) is 5.91 Å². The Labute approximate surface area is 123 Å². The quantitative estimate of drug-likeness (QED) is 0.794. The van der Waals surface area contributed by atoms with E-state index in [0.717, 1.165) is 18.6 Å². The van der Waals surface area contributed by atoms with Gasteiger partial charge in [-0.3, -0.25) is 4.79 Å². The van der Waals surface area contributed by atoms with E-state index in [4.69, 9.17) is 0 Å². The van der Waals surface area contributed by atoms with Crippen LogP contribution in [0.1, 0.15) is 32.1 Å². The summed E-state index contributed by atoms with van der Waals surface area (Å²) in [5, 5.41) is 12.7. The standard InChI is InChI=1S/C14H22N2O3S/c17-13(16-5-6-20-8-12(16)14(18)19)11-7-9-3-1-2-4-10(9)15-11/h9-12,15H,1-8H2,(H,18,19). The van der Waals surface area contributed by atoms with Crippen molar-refractivity contribution in [1.82, 2.24) is 10.2 Å². The summed E-state index contributed by atoms with van der Waals surface area (Å²) >= 11 is 1.62. The van der Waals surface area contributed by atoms with Crippen LogP contribution >= 0.6 is 11.8 Å². The van der Waals surface area contributed by atoms with Crippen LogP contribution in [0.25, 0.3) is 0 Å². The van der Waals surface area contributed by atoms with Crippen molar-refractivity contribution in [2.75, 3.05) is 18.1 Å². The van der Waals surface area contributed by atoms with Gasteiger partial charge in [0.05, 0.1) is 6.04 Å². The number of nitrogens with zero attached hydrogens (tertiary/aromatic N) is 1. The minimum Gasteiger partial charge on any atom is -0.480 e. The van der Waals surface area contributed by atoms with Gasteiger partial charge in [-0.15, -0.1) is 0 Å². The molecule has 0 radical (unpaired) electrons. The van der Waals surface area contributed by atoms with Gasteiger partial charge in [0.1, 0.15) is 6.04 Å². The van der Waals surface area contributed by atoms with Crippen molar-refractivity contribution in [3.8, 4) is 0 Å². The number of carbonyl (C=O) groups is 2. The highest BCUT2D eigenvalue weighted by atomic mass is 32.2. The van der Waals surface area contributed by atoms with E-state index in [1.54, 1.807) is 16.7 Å². The summed E-state index contributed by atoms with van der Waals surface area (Å²) in [7, 11) is 0. The lowest BCUT2D eigenvalue weighted by molar-refractivity contribution is -0.150. The molecule has 3 aliphatic rings. The monoisotopic (exact) mass is 298 g/mol. The van der Waals surface area contributed by atoms with Crippen LogP contribution < -0.4 is 5.32 Å². The van der Waals surface area contributed by atoms with Crippen LogP contribution in [0.4, 0.5) is 0 Å². The second-order valence-corrected chi connectivity index (χ2v) is 7.22. The van der Waals surface area contributed by atoms with Gasteiger partial charge in [-0.1, -0.05) is 12.8 Å². The number of hydrogen-bond acceptors (Lipinski definition) is 4. The Hall–Kier alpha value is -0.750. The molecule has 1 saturated carbocycles. The van der Waals surface area contributed by atoms with Gasteiger partial charge < -0.3 is 15.3 Å². The largest absolute Gasteiger partial charge is 0.480 e. The maximum atomic E-state index is 12.6. The normalized spacial score (nSPS) is 37.5. The minimum absolute atomic E-state index is 0.00657. The average Bonchev–Trinajstić information content (AvgIpc) is 2.90. The molecule has 1 amide bonds. The molecule has 4 unspecified atom stereocenters. The predicted octanol–water partition coefficient (Wildman–Crippen LogP) is 0.936. The highest BCUT2D eigenvalue weighted by molar-refractivity contribution is 7.99. The van der Waals surface area contributed by atoms with Crippen LogP contribution in [0, 0.1) is 5.92 Å². The van der Waals surface area contributed by atoms with Gasteiger partial charge in [-0.05, 0) is 25.2 Å². The number of fused-ring (bicyclic) bond motifs is 1. The number of amides is 1. The molecule has 6 heteroatoms. The van der Waals surface area contributed by atoms with E-state index in [1.807, 2.05) is 0 Å². The van der Waals surface area contributed by atoms with Crippen molar-refractivity contribution < 1.29 is 14.7 Å². The molecule has 0 bridgehead atoms. The Morgan fingerprint density at radius 3 is 2.80 bits per heavy atom. The van der Waals surface area contributed by atoms with E-state index in [1.165, 1.54) is 19.3 Å². The fraction of sp³-hybridized carbons (Fsp3) is 0.857. The van der Waals surface area contributed by atoms with Crippen LogP contribution in [0.15, 0.2) is 0 Å². The minimum atomic E-state index is -0.874. The summed E-state index contributed by atoms with van der Waals surface area (Å²) in [5.41, 5.74) is 0. The van der Waals surface area contributed by atoms with Gasteiger partial charge in [-0.25, -0.2) is 4.79 Å². The molecule has 0 spiro atoms. The van der Waals surface area contributed by atoms with Crippen LogP contribution in [-0.2, 0) is 9.59 Å². The molecule has 0 aromatic rings. The molecule has 2 N–H and O–H groups in total. The number of aliphatic carboxylic acids is 1. The molecule has 2 saturated heterocycles. The molecule has 0 aromatic heterocycles. The van der Waals surface area contributed by atoms with Gasteiger partial charge in [0.15, 0.2) is 0 Å². The number of hydrogen-bond donors (Lipinski definition) is 2. The first kappa shape index (κ1) is 14.2. The third-order valence-corrected chi connectivity index (χ3v) is 5.88. The zero-order valence-corrected chi connectivity index (χ0v) is 12.4. The molecule has 2 heterocycles. The summed E-state index contributed by atoms with van der Waals surface area (Å²) in [6.07, 6.45) is 5.76. The Balaban J connectivity index is 1.67. The van der Waals surface area contributed by atoms with E-state index < -0.39 is 12.0 Å². The highest BCUT2D eigenvalue weighted by Gasteiger charge is 2.42. The maximum absolute atomic E-state index is 12.6. The summed E-state index contributed by atoms with van der Waals surface area (Å²) in [6, 6.07) is -0.334. The highest BCUT2D eigenvalue weighted by Crippen LogP contribution is 2.34. The number of carboxylic acids is 1. The van der Waals surface area contributed by atoms with Crippen molar-refractivity contribution >= 4 is 23.6 Å². The summed E-state index contributed by atoms with van der Waals surface area (Å²) in [5.74, 6) is 1.10. The lowest BCUT2D eigenvalue weighted by Gasteiger charge is -2.34. The zero-order chi connectivity index (χ0) is 14.1. The Bertz CT molecular complexity index is 390. The third-order valence-electron chi connectivity index (χ3n) is 4.86. The maximum Gasteiger partial charge on any atom is 0.327 e. The number of carbonyl (C=O) groups excluding carboxylic acids is 1. The van der Waals surface area contributed by atoms with E-state index in [0.29, 0.717) is 24.3 Å². The van der Waals surface area contributed by atoms with Gasteiger partial charge in [0.25, 0.3) is 0 Å². The first-order valence-electron chi connectivity index (χ1n) is 7.54. The van der Waals surface area contributed by atoms with E-state index in [9.17, 15) is 14.7 Å². The van der Waals surface area contributed by atoms with Crippen LogP contribution in [0.3, 0.4) is 0 Å². The molecular weight excluding hydrogens is 276 g/mol. The smallest absolute Gasteiger partial charge is 0.327 e. The first-order chi connectivity index (χ1) is 9.66. The molecule has 1 aliphatic carbocycles. The van der Waals surface area contributed by atoms with Crippen molar-refractivity contribution in [2.24, 2.45) is 5.92 Å². The Morgan fingerprint density at radius 2 is 2.05 bits per heavy atom. The molecule has 20 heavy (non-hydrogen) atoms. The summed E-state index contributed by atoms with van der Waals surface area (Å²) in [4.78, 5) is 25.5. The summed E-state index contributed by atoms with van der Waals surface area (Å²) < 4.78 is 0. The molecule has 4 atom stereocenters. The fourth-order valence-corrected chi connectivity index (χ4v) is 4.82. The van der Waals surface area contributed by atoms with Crippen LogP contribution in [0.2, 0.25) is 0 Å². The number of thioether (sulfide) groups is 1. The average molecular weight is 298 g/mol. The molecule has 2 aliphatic heterocycles. The summed E-state index contributed by atoms with van der Waals surface area (Å²) in [6.45, 7) is 0.563. The zero-order valence-electron chi connectivity index (χ0n) is 11.6. The first-order valence-corrected chi connectivity index (χ1v) is 8.69. The number of nitrogens with one attached hydrogen (secondary N) is 1. The van der Waals surface area contributed by atoms with Crippen molar-refractivity contribution in [2.45, 2.75) is 50.2 Å².